The second kappa shape index (κ2) is 7.41. The average Bonchev–Trinajstić information content (AvgIpc) is 2.71. The summed E-state index contributed by atoms with van der Waals surface area (Å²) in [7, 11) is 0. The fourth-order valence-corrected chi connectivity index (χ4v) is 2.55. The summed E-state index contributed by atoms with van der Waals surface area (Å²) in [6.07, 6.45) is 6.57. The van der Waals surface area contributed by atoms with Gasteiger partial charge in [-0.25, -0.2) is 0 Å². The van der Waals surface area contributed by atoms with Crippen LogP contribution in [0.4, 0.5) is 0 Å². The summed E-state index contributed by atoms with van der Waals surface area (Å²) in [5, 5.41) is 0. The number of carbonyl (C=O) groups is 1. The van der Waals surface area contributed by atoms with Crippen molar-refractivity contribution in [1.29, 1.82) is 0 Å². The molecule has 1 saturated carbocycles. The van der Waals surface area contributed by atoms with Gasteiger partial charge >= 0.3 is 19.5 Å². The summed E-state index contributed by atoms with van der Waals surface area (Å²) in [5.41, 5.74) is -0.289. The van der Waals surface area contributed by atoms with E-state index in [-0.39, 0.29) is 31.0 Å². The summed E-state index contributed by atoms with van der Waals surface area (Å²) in [4.78, 5) is 11.9. The van der Waals surface area contributed by atoms with E-state index in [1.807, 2.05) is 13.8 Å². The van der Waals surface area contributed by atoms with Crippen molar-refractivity contribution in [3.05, 3.63) is 5.92 Å². The molecule has 17 heavy (non-hydrogen) atoms. The average molecular weight is 326 g/mol. The largest absolute Gasteiger partial charge is 1.00 e. The molecule has 0 saturated heterocycles. The van der Waals surface area contributed by atoms with Crippen LogP contribution < -0.4 is 0 Å². The number of esters is 1. The van der Waals surface area contributed by atoms with E-state index in [4.69, 9.17) is 4.74 Å². The van der Waals surface area contributed by atoms with Gasteiger partial charge < -0.3 is 4.74 Å². The number of hydrogen-bond acceptors (Lipinski definition) is 2. The monoisotopic (exact) mass is 327 g/mol. The third kappa shape index (κ3) is 4.62. The van der Waals surface area contributed by atoms with Gasteiger partial charge in [0.1, 0.15) is 5.60 Å². The Balaban J connectivity index is 0.00000256. The van der Waals surface area contributed by atoms with Crippen LogP contribution >= 0.6 is 0 Å². The summed E-state index contributed by atoms with van der Waals surface area (Å²) < 4.78 is 5.69. The molecule has 0 aromatic rings. The van der Waals surface area contributed by atoms with Crippen molar-refractivity contribution in [2.24, 2.45) is 5.92 Å². The van der Waals surface area contributed by atoms with Gasteiger partial charge in [0.25, 0.3) is 0 Å². The van der Waals surface area contributed by atoms with Gasteiger partial charge in [0.2, 0.25) is 0 Å². The molecule has 1 aliphatic carbocycles. The predicted molar refractivity (Wildman–Crippen MR) is 66.0 cm³/mol. The first-order chi connectivity index (χ1) is 7.51. The molecule has 0 aromatic carbocycles. The zero-order chi connectivity index (χ0) is 12.2. The van der Waals surface area contributed by atoms with Crippen molar-refractivity contribution in [2.45, 2.75) is 71.8 Å². The summed E-state index contributed by atoms with van der Waals surface area (Å²) in [6, 6.07) is 0. The quantitative estimate of drug-likeness (QED) is 0.435. The number of carbonyl (C=O) groups excluding carboxylic acids is 1. The molecule has 0 spiro atoms. The van der Waals surface area contributed by atoms with Crippen LogP contribution in [0.15, 0.2) is 0 Å². The Hall–Kier alpha value is -0.0366. The molecule has 1 rings (SSSR count). The third-order valence-corrected chi connectivity index (χ3v) is 3.84. The molecular weight excluding hydrogens is 301 g/mol. The zero-order valence-electron chi connectivity index (χ0n) is 11.5. The standard InChI is InChI=1S/C14H25O2.Ru/c1-5-11(6-2)13(15)16-14(3,4)12-9-7-8-10-12;/h12H,5-10H2,1-4H3;/q-1;+1. The first-order valence-electron chi connectivity index (χ1n) is 6.59. The molecule has 1 fully saturated rings. The summed E-state index contributed by atoms with van der Waals surface area (Å²) in [5.74, 6) is 1.37. The fourth-order valence-electron chi connectivity index (χ4n) is 2.55. The molecule has 3 heteroatoms. The van der Waals surface area contributed by atoms with Gasteiger partial charge in [-0.1, -0.05) is 26.7 Å². The molecule has 0 aromatic heterocycles. The normalized spacial score (nSPS) is 16.5. The Labute approximate surface area is 119 Å². The number of rotatable bonds is 5. The molecule has 2 nitrogen and oxygen atoms in total. The van der Waals surface area contributed by atoms with Crippen LogP contribution in [0.2, 0.25) is 0 Å². The van der Waals surface area contributed by atoms with E-state index < -0.39 is 0 Å². The smallest absolute Gasteiger partial charge is 0.482 e. The minimum atomic E-state index is -0.289. The Morgan fingerprint density at radius 1 is 1.24 bits per heavy atom. The SMILES string of the molecule is CC[C-](CC)C(=O)OC(C)(C)C1CCCC1.[Ru+]. The van der Waals surface area contributed by atoms with Crippen LogP contribution in [0, 0.1) is 11.8 Å². The van der Waals surface area contributed by atoms with Gasteiger partial charge in [-0.2, -0.15) is 12.8 Å². The van der Waals surface area contributed by atoms with Crippen LogP contribution in [-0.2, 0) is 29.0 Å². The summed E-state index contributed by atoms with van der Waals surface area (Å²) >= 11 is 0. The van der Waals surface area contributed by atoms with Crippen LogP contribution in [0.25, 0.3) is 0 Å². The van der Waals surface area contributed by atoms with Crippen molar-refractivity contribution >= 4 is 5.97 Å². The maximum atomic E-state index is 11.9. The van der Waals surface area contributed by atoms with Crippen molar-refractivity contribution in [3.8, 4) is 0 Å². The van der Waals surface area contributed by atoms with Crippen molar-refractivity contribution in [2.75, 3.05) is 0 Å². The first kappa shape index (κ1) is 17.0. The van der Waals surface area contributed by atoms with Crippen LogP contribution in [0.5, 0.6) is 0 Å². The van der Waals surface area contributed by atoms with Gasteiger partial charge in [0.15, 0.2) is 5.97 Å². The van der Waals surface area contributed by atoms with Crippen molar-refractivity contribution < 1.29 is 29.0 Å². The first-order valence-corrected chi connectivity index (χ1v) is 6.59. The van der Waals surface area contributed by atoms with Crippen molar-refractivity contribution in [3.63, 3.8) is 0 Å². The third-order valence-electron chi connectivity index (χ3n) is 3.84. The van der Waals surface area contributed by atoms with Gasteiger partial charge in [0, 0.05) is 0 Å². The van der Waals surface area contributed by atoms with E-state index in [1.165, 1.54) is 25.7 Å². The maximum Gasteiger partial charge on any atom is 1.00 e. The predicted octanol–water partition coefficient (Wildman–Crippen LogP) is 3.89. The van der Waals surface area contributed by atoms with Gasteiger partial charge in [0.05, 0.1) is 0 Å². The maximum absolute atomic E-state index is 11.9. The minimum Gasteiger partial charge on any atom is -0.482 e. The Bertz CT molecular complexity index is 228. The van der Waals surface area contributed by atoms with Gasteiger partial charge in [-0.05, 0) is 32.6 Å². The fraction of sp³-hybridized carbons (Fsp3) is 0.857. The molecule has 0 amide bonds. The molecule has 0 aliphatic heterocycles. The second-order valence-electron chi connectivity index (χ2n) is 5.29. The van der Waals surface area contributed by atoms with Crippen LogP contribution in [0.3, 0.4) is 0 Å². The molecule has 0 N–H and O–H groups in total. The molecular formula is C14H25O2Ru. The second-order valence-corrected chi connectivity index (χ2v) is 5.29. The van der Waals surface area contributed by atoms with E-state index in [0.717, 1.165) is 18.8 Å². The Morgan fingerprint density at radius 2 is 1.71 bits per heavy atom. The molecule has 101 valence electrons. The van der Waals surface area contributed by atoms with Crippen molar-refractivity contribution in [1.82, 2.24) is 0 Å². The van der Waals surface area contributed by atoms with E-state index in [0.29, 0.717) is 5.92 Å². The van der Waals surface area contributed by atoms with E-state index >= 15 is 0 Å². The molecule has 1 aliphatic rings. The number of ether oxygens (including phenoxy) is 1. The molecule has 1 radical (unpaired) electrons. The van der Waals surface area contributed by atoms with E-state index in [9.17, 15) is 4.79 Å². The van der Waals surface area contributed by atoms with Crippen LogP contribution in [-0.4, -0.2) is 11.6 Å². The molecule has 0 atom stereocenters. The van der Waals surface area contributed by atoms with E-state index in [1.54, 1.807) is 0 Å². The summed E-state index contributed by atoms with van der Waals surface area (Å²) in [6.45, 7) is 8.15. The van der Waals surface area contributed by atoms with Gasteiger partial charge in [-0.15, -0.1) is 0 Å². The van der Waals surface area contributed by atoms with E-state index in [2.05, 4.69) is 13.8 Å². The Kier molecular flexibility index (Phi) is 7.39. The van der Waals surface area contributed by atoms with Gasteiger partial charge in [-0.3, -0.25) is 10.7 Å². The molecule has 0 bridgehead atoms. The van der Waals surface area contributed by atoms with Crippen LogP contribution in [0.1, 0.15) is 66.2 Å². The minimum absolute atomic E-state index is 0. The zero-order valence-corrected chi connectivity index (χ0v) is 13.2. The number of hydrogen-bond donors (Lipinski definition) is 0. The molecule has 0 unspecified atom stereocenters. The Morgan fingerprint density at radius 3 is 2.12 bits per heavy atom. The topological polar surface area (TPSA) is 26.3 Å². The molecule has 0 heterocycles.